The van der Waals surface area contributed by atoms with Gasteiger partial charge in [0, 0.05) is 30.7 Å². The lowest BCUT2D eigenvalue weighted by atomic mass is 10.1. The van der Waals surface area contributed by atoms with E-state index >= 15 is 0 Å². The fourth-order valence-corrected chi connectivity index (χ4v) is 5.00. The minimum Gasteiger partial charge on any atom is -0.492 e. The predicted molar refractivity (Wildman–Crippen MR) is 145 cm³/mol. The molecule has 0 atom stereocenters. The van der Waals surface area contributed by atoms with Gasteiger partial charge in [-0.25, -0.2) is 0 Å². The van der Waals surface area contributed by atoms with E-state index < -0.39 is 0 Å². The van der Waals surface area contributed by atoms with Gasteiger partial charge >= 0.3 is 0 Å². The number of ether oxygens (including phenoxy) is 2. The van der Waals surface area contributed by atoms with E-state index in [1.165, 1.54) is 4.90 Å². The Morgan fingerprint density at radius 2 is 1.66 bits per heavy atom. The lowest BCUT2D eigenvalue weighted by Crippen LogP contribution is -2.32. The maximum atomic E-state index is 12.9. The number of halogens is 4. The van der Waals surface area contributed by atoms with Crippen LogP contribution < -0.4 is 9.47 Å². The summed E-state index contributed by atoms with van der Waals surface area (Å²) in [5.41, 5.74) is 1.42. The number of hydrogen-bond acceptors (Lipinski definition) is 5. The van der Waals surface area contributed by atoms with Crippen molar-refractivity contribution in [2.45, 2.75) is 6.61 Å². The van der Waals surface area contributed by atoms with Gasteiger partial charge in [-0.15, -0.1) is 0 Å². The Kier molecular flexibility index (Phi) is 8.68. The second-order valence-corrected chi connectivity index (χ2v) is 10.5. The molecule has 0 bridgehead atoms. The van der Waals surface area contributed by atoms with Crippen LogP contribution in [0.4, 0.5) is 4.79 Å². The van der Waals surface area contributed by atoms with Gasteiger partial charge in [0.05, 0.1) is 11.4 Å². The Labute approximate surface area is 230 Å². The van der Waals surface area contributed by atoms with E-state index in [9.17, 15) is 9.59 Å². The highest BCUT2D eigenvalue weighted by Gasteiger charge is 2.35. The summed E-state index contributed by atoms with van der Waals surface area (Å²) in [5.74, 6) is 0.761. The normalized spacial score (nSPS) is 14.6. The third kappa shape index (κ3) is 6.74. The summed E-state index contributed by atoms with van der Waals surface area (Å²) in [6.45, 7) is 0.504. The minimum absolute atomic E-state index is 0.127. The van der Waals surface area contributed by atoms with Crippen molar-refractivity contribution in [1.29, 1.82) is 0 Å². The number of hydrogen-bond donors (Lipinski definition) is 0. The molecular weight excluding hydrogens is 597 g/mol. The first-order valence-electron chi connectivity index (χ1n) is 10.3. The van der Waals surface area contributed by atoms with E-state index in [1.807, 2.05) is 12.1 Å². The zero-order chi connectivity index (χ0) is 24.9. The molecule has 1 saturated heterocycles. The average molecular weight is 614 g/mol. The van der Waals surface area contributed by atoms with Crippen LogP contribution in [0.25, 0.3) is 6.08 Å². The number of rotatable bonds is 8. The van der Waals surface area contributed by atoms with Gasteiger partial charge in [-0.05, 0) is 72.4 Å². The average Bonchev–Trinajstić information content (AvgIpc) is 3.08. The molecule has 1 aliphatic rings. The monoisotopic (exact) mass is 611 g/mol. The Bertz CT molecular complexity index is 1300. The van der Waals surface area contributed by atoms with E-state index in [0.717, 1.165) is 21.8 Å². The molecule has 0 spiro atoms. The summed E-state index contributed by atoms with van der Waals surface area (Å²) in [6.07, 6.45) is 1.65. The molecule has 0 N–H and O–H groups in total. The van der Waals surface area contributed by atoms with Crippen LogP contribution in [0, 0.1) is 0 Å². The molecule has 3 aromatic carbocycles. The van der Waals surface area contributed by atoms with Crippen LogP contribution >= 0.6 is 62.5 Å². The third-order valence-corrected chi connectivity index (χ3v) is 7.17. The Balaban J connectivity index is 1.45. The van der Waals surface area contributed by atoms with Gasteiger partial charge in [0.15, 0.2) is 0 Å². The molecule has 10 heteroatoms. The van der Waals surface area contributed by atoms with Crippen LogP contribution in [0.15, 0.2) is 70.0 Å². The van der Waals surface area contributed by atoms with Crippen LogP contribution in [0.1, 0.15) is 11.1 Å². The van der Waals surface area contributed by atoms with Crippen molar-refractivity contribution >= 4 is 79.7 Å². The molecule has 3 aromatic rings. The number of carbonyl (C=O) groups excluding carboxylic acids is 2. The van der Waals surface area contributed by atoms with Gasteiger partial charge in [0.25, 0.3) is 11.1 Å². The maximum Gasteiger partial charge on any atom is 0.293 e. The second kappa shape index (κ2) is 11.7. The molecule has 1 heterocycles. The first-order valence-corrected chi connectivity index (χ1v) is 13.0. The molecule has 1 aliphatic heterocycles. The SMILES string of the molecule is O=C1S/C(=C\c2cc(Br)ccc2OCc2ccc(Cl)cc2Cl)C(=O)N1CCOc1ccc(Cl)cc1. The smallest absolute Gasteiger partial charge is 0.293 e. The molecule has 180 valence electrons. The highest BCUT2D eigenvalue weighted by Crippen LogP contribution is 2.35. The summed E-state index contributed by atoms with van der Waals surface area (Å²) >= 11 is 22.4. The maximum absolute atomic E-state index is 12.9. The van der Waals surface area contributed by atoms with Crippen molar-refractivity contribution in [3.05, 3.63) is 96.2 Å². The highest BCUT2D eigenvalue weighted by atomic mass is 79.9. The van der Waals surface area contributed by atoms with Crippen molar-refractivity contribution in [2.24, 2.45) is 0 Å². The number of benzene rings is 3. The number of nitrogens with zero attached hydrogens (tertiary/aromatic N) is 1. The molecule has 0 aliphatic carbocycles. The largest absolute Gasteiger partial charge is 0.492 e. The molecule has 0 radical (unpaired) electrons. The van der Waals surface area contributed by atoms with Crippen molar-refractivity contribution in [3.8, 4) is 11.5 Å². The van der Waals surface area contributed by atoms with E-state index in [0.29, 0.717) is 37.0 Å². The molecule has 5 nitrogen and oxygen atoms in total. The quantitative estimate of drug-likeness (QED) is 0.240. The zero-order valence-electron chi connectivity index (χ0n) is 18.0. The van der Waals surface area contributed by atoms with E-state index in [1.54, 1.807) is 54.6 Å². The van der Waals surface area contributed by atoms with Crippen LogP contribution in [-0.4, -0.2) is 29.2 Å². The molecule has 4 rings (SSSR count). The first kappa shape index (κ1) is 25.9. The first-order chi connectivity index (χ1) is 16.8. The zero-order valence-corrected chi connectivity index (χ0v) is 22.6. The fraction of sp³-hybridized carbons (Fsp3) is 0.120. The highest BCUT2D eigenvalue weighted by molar-refractivity contribution is 9.10. The number of imide groups is 1. The minimum atomic E-state index is -0.383. The van der Waals surface area contributed by atoms with Gasteiger partial charge in [-0.3, -0.25) is 14.5 Å². The molecule has 2 amide bonds. The van der Waals surface area contributed by atoms with Crippen LogP contribution in [-0.2, 0) is 11.4 Å². The molecule has 0 aromatic heterocycles. The van der Waals surface area contributed by atoms with Crippen molar-refractivity contribution in [3.63, 3.8) is 0 Å². The Hall–Kier alpha value is -2.16. The fourth-order valence-electron chi connectivity index (χ4n) is 3.18. The number of carbonyl (C=O) groups is 2. The van der Waals surface area contributed by atoms with E-state index in [-0.39, 0.29) is 30.9 Å². The molecule has 35 heavy (non-hydrogen) atoms. The molecule has 0 saturated carbocycles. The summed E-state index contributed by atoms with van der Waals surface area (Å²) in [7, 11) is 0. The van der Waals surface area contributed by atoms with E-state index in [4.69, 9.17) is 44.3 Å². The van der Waals surface area contributed by atoms with Gasteiger partial charge in [0.2, 0.25) is 0 Å². The number of thioether (sulfide) groups is 1. The standard InChI is InChI=1S/C25H17BrCl3NO4S/c26-17-2-8-22(34-14-15-1-3-19(28)13-21(15)29)16(11-17)12-23-24(31)30(25(32)35-23)9-10-33-20-6-4-18(27)5-7-20/h1-8,11-13H,9-10,14H2/b23-12-. The van der Waals surface area contributed by atoms with Gasteiger partial charge in [-0.1, -0.05) is 56.8 Å². The predicted octanol–water partition coefficient (Wildman–Crippen LogP) is 8.10. The summed E-state index contributed by atoms with van der Waals surface area (Å²) in [6, 6.07) is 17.5. The second-order valence-electron chi connectivity index (χ2n) is 7.34. The molecule has 1 fully saturated rings. The topological polar surface area (TPSA) is 55.8 Å². The third-order valence-electron chi connectivity index (χ3n) is 4.93. The van der Waals surface area contributed by atoms with Crippen molar-refractivity contribution in [1.82, 2.24) is 4.90 Å². The van der Waals surface area contributed by atoms with Crippen molar-refractivity contribution in [2.75, 3.05) is 13.2 Å². The van der Waals surface area contributed by atoms with Gasteiger partial charge < -0.3 is 9.47 Å². The lowest BCUT2D eigenvalue weighted by Gasteiger charge is -2.13. The summed E-state index contributed by atoms with van der Waals surface area (Å²) in [5, 5.41) is 1.28. The Morgan fingerprint density at radius 3 is 2.40 bits per heavy atom. The molecule has 0 unspecified atom stereocenters. The summed E-state index contributed by atoms with van der Waals surface area (Å²) < 4.78 is 12.4. The van der Waals surface area contributed by atoms with Gasteiger partial charge in [0.1, 0.15) is 24.7 Å². The van der Waals surface area contributed by atoms with Gasteiger partial charge in [-0.2, -0.15) is 0 Å². The van der Waals surface area contributed by atoms with Crippen LogP contribution in [0.3, 0.4) is 0 Å². The molecular formula is C25H17BrCl3NO4S. The van der Waals surface area contributed by atoms with Crippen LogP contribution in [0.2, 0.25) is 15.1 Å². The van der Waals surface area contributed by atoms with E-state index in [2.05, 4.69) is 15.9 Å². The summed E-state index contributed by atoms with van der Waals surface area (Å²) in [4.78, 5) is 26.9. The van der Waals surface area contributed by atoms with Crippen molar-refractivity contribution < 1.29 is 19.1 Å². The number of amides is 2. The van der Waals surface area contributed by atoms with Crippen LogP contribution in [0.5, 0.6) is 11.5 Å². The lowest BCUT2D eigenvalue weighted by molar-refractivity contribution is -0.123. The Morgan fingerprint density at radius 1 is 0.914 bits per heavy atom.